The summed E-state index contributed by atoms with van der Waals surface area (Å²) in [4.78, 5) is 4.06. The number of nitrogens with zero attached hydrogens (tertiary/aromatic N) is 2. The van der Waals surface area contributed by atoms with Crippen LogP contribution in [0.4, 0.5) is 5.13 Å². The maximum Gasteiger partial charge on any atom is 0.199 e. The molecular formula is C5H7N3S. The predicted octanol–water partition coefficient (Wildman–Crippen LogP) is 0.998. The Kier molecular flexibility index (Phi) is 0.958. The molecule has 1 aliphatic carbocycles. The summed E-state index contributed by atoms with van der Waals surface area (Å²) in [7, 11) is 0. The molecule has 0 saturated heterocycles. The van der Waals surface area contributed by atoms with Crippen LogP contribution in [0.15, 0.2) is 0 Å². The molecule has 0 amide bonds. The van der Waals surface area contributed by atoms with Crippen molar-refractivity contribution < 1.29 is 0 Å². The molecule has 0 aliphatic heterocycles. The van der Waals surface area contributed by atoms with Gasteiger partial charge < -0.3 is 5.73 Å². The van der Waals surface area contributed by atoms with E-state index in [1.807, 2.05) is 0 Å². The predicted molar refractivity (Wildman–Crippen MR) is 36.3 cm³/mol. The summed E-state index contributed by atoms with van der Waals surface area (Å²) in [5, 5.41) is 0.594. The SMILES string of the molecule is Nc1nc(C2CC2)ns1. The third-order valence-electron chi connectivity index (χ3n) is 1.40. The van der Waals surface area contributed by atoms with Gasteiger partial charge in [0.2, 0.25) is 0 Å². The third-order valence-corrected chi connectivity index (χ3v) is 1.96. The first-order chi connectivity index (χ1) is 4.36. The van der Waals surface area contributed by atoms with Crippen molar-refractivity contribution >= 4 is 16.7 Å². The zero-order valence-corrected chi connectivity index (χ0v) is 5.69. The van der Waals surface area contributed by atoms with Gasteiger partial charge in [0, 0.05) is 17.5 Å². The molecule has 4 heteroatoms. The Morgan fingerprint density at radius 2 is 2.33 bits per heavy atom. The highest BCUT2D eigenvalue weighted by Crippen LogP contribution is 2.38. The van der Waals surface area contributed by atoms with Crippen LogP contribution in [0, 0.1) is 0 Å². The van der Waals surface area contributed by atoms with Crippen molar-refractivity contribution in [1.82, 2.24) is 9.36 Å². The fourth-order valence-electron chi connectivity index (χ4n) is 0.755. The molecular weight excluding hydrogens is 134 g/mol. The molecule has 1 aromatic rings. The lowest BCUT2D eigenvalue weighted by Gasteiger charge is -1.80. The number of anilines is 1. The first-order valence-corrected chi connectivity index (χ1v) is 3.72. The maximum absolute atomic E-state index is 5.39. The Morgan fingerprint density at radius 3 is 2.78 bits per heavy atom. The van der Waals surface area contributed by atoms with Crippen LogP contribution in [0.25, 0.3) is 0 Å². The summed E-state index contributed by atoms with van der Waals surface area (Å²) in [6, 6.07) is 0. The van der Waals surface area contributed by atoms with Crippen molar-refractivity contribution in [3.8, 4) is 0 Å². The molecule has 2 N–H and O–H groups in total. The van der Waals surface area contributed by atoms with Gasteiger partial charge in [-0.2, -0.15) is 4.37 Å². The summed E-state index contributed by atoms with van der Waals surface area (Å²) in [6.45, 7) is 0. The number of nitrogen functional groups attached to an aromatic ring is 1. The zero-order chi connectivity index (χ0) is 6.27. The first-order valence-electron chi connectivity index (χ1n) is 2.95. The van der Waals surface area contributed by atoms with Gasteiger partial charge in [-0.05, 0) is 12.8 Å². The van der Waals surface area contributed by atoms with Crippen LogP contribution in [0.3, 0.4) is 0 Å². The largest absolute Gasteiger partial charge is 0.374 e. The second-order valence-electron chi connectivity index (χ2n) is 2.27. The van der Waals surface area contributed by atoms with Crippen LogP contribution in [0.1, 0.15) is 24.6 Å². The summed E-state index contributed by atoms with van der Waals surface area (Å²) in [5.74, 6) is 1.59. The smallest absolute Gasteiger partial charge is 0.199 e. The number of nitrogens with two attached hydrogens (primary N) is 1. The third kappa shape index (κ3) is 0.896. The molecule has 0 aromatic carbocycles. The Labute approximate surface area is 57.1 Å². The molecule has 0 unspecified atom stereocenters. The van der Waals surface area contributed by atoms with Gasteiger partial charge in [-0.15, -0.1) is 0 Å². The molecule has 9 heavy (non-hydrogen) atoms. The van der Waals surface area contributed by atoms with E-state index in [1.54, 1.807) is 0 Å². The van der Waals surface area contributed by atoms with Gasteiger partial charge >= 0.3 is 0 Å². The topological polar surface area (TPSA) is 51.8 Å². The Balaban J connectivity index is 2.28. The molecule has 1 fully saturated rings. The van der Waals surface area contributed by atoms with Crippen LogP contribution < -0.4 is 5.73 Å². The minimum absolute atomic E-state index is 0.594. The Morgan fingerprint density at radius 1 is 1.56 bits per heavy atom. The van der Waals surface area contributed by atoms with Gasteiger partial charge in [-0.25, -0.2) is 4.98 Å². The molecule has 1 heterocycles. The summed E-state index contributed by atoms with van der Waals surface area (Å²) in [5.41, 5.74) is 5.39. The van der Waals surface area contributed by atoms with Crippen LogP contribution in [-0.4, -0.2) is 9.36 Å². The Hall–Kier alpha value is -0.640. The van der Waals surface area contributed by atoms with Crippen LogP contribution >= 0.6 is 11.5 Å². The number of hydrogen-bond donors (Lipinski definition) is 1. The molecule has 3 nitrogen and oxygen atoms in total. The minimum atomic E-state index is 0.594. The normalized spacial score (nSPS) is 18.2. The van der Waals surface area contributed by atoms with Crippen molar-refractivity contribution in [2.24, 2.45) is 0 Å². The van der Waals surface area contributed by atoms with Crippen molar-refractivity contribution in [2.75, 3.05) is 5.73 Å². The van der Waals surface area contributed by atoms with E-state index in [9.17, 15) is 0 Å². The molecule has 0 bridgehead atoms. The van der Waals surface area contributed by atoms with E-state index < -0.39 is 0 Å². The molecule has 0 spiro atoms. The monoisotopic (exact) mass is 141 g/mol. The molecule has 1 aromatic heterocycles. The van der Waals surface area contributed by atoms with E-state index in [0.29, 0.717) is 11.0 Å². The standard InChI is InChI=1S/C5H7N3S/c6-5-7-4(8-9-5)3-1-2-3/h3H,1-2H2,(H2,6,7,8). The second kappa shape index (κ2) is 1.67. The van der Waals surface area contributed by atoms with Crippen LogP contribution in [0.5, 0.6) is 0 Å². The molecule has 0 atom stereocenters. The lowest BCUT2D eigenvalue weighted by Crippen LogP contribution is -1.84. The van der Waals surface area contributed by atoms with Gasteiger partial charge in [-0.3, -0.25) is 0 Å². The minimum Gasteiger partial charge on any atom is -0.374 e. The van der Waals surface area contributed by atoms with Gasteiger partial charge in [0.25, 0.3) is 0 Å². The quantitative estimate of drug-likeness (QED) is 0.634. The molecule has 1 aliphatic rings. The molecule has 1 saturated carbocycles. The van der Waals surface area contributed by atoms with E-state index in [2.05, 4.69) is 9.36 Å². The van der Waals surface area contributed by atoms with Gasteiger partial charge in [0.1, 0.15) is 5.82 Å². The molecule has 48 valence electrons. The fraction of sp³-hybridized carbons (Fsp3) is 0.600. The van der Waals surface area contributed by atoms with E-state index >= 15 is 0 Å². The summed E-state index contributed by atoms with van der Waals surface area (Å²) < 4.78 is 4.08. The zero-order valence-electron chi connectivity index (χ0n) is 4.87. The number of hydrogen-bond acceptors (Lipinski definition) is 4. The van der Waals surface area contributed by atoms with E-state index in [0.717, 1.165) is 5.82 Å². The van der Waals surface area contributed by atoms with Gasteiger partial charge in [0.05, 0.1) is 0 Å². The van der Waals surface area contributed by atoms with Crippen LogP contribution in [-0.2, 0) is 0 Å². The summed E-state index contributed by atoms with van der Waals surface area (Å²) in [6.07, 6.45) is 2.49. The highest BCUT2D eigenvalue weighted by Gasteiger charge is 2.27. The average Bonchev–Trinajstić information content (AvgIpc) is 2.58. The van der Waals surface area contributed by atoms with Crippen LogP contribution in [0.2, 0.25) is 0 Å². The van der Waals surface area contributed by atoms with E-state index in [4.69, 9.17) is 5.73 Å². The maximum atomic E-state index is 5.39. The average molecular weight is 141 g/mol. The van der Waals surface area contributed by atoms with Crippen molar-refractivity contribution in [2.45, 2.75) is 18.8 Å². The Bertz CT molecular complexity index is 216. The van der Waals surface area contributed by atoms with Crippen molar-refractivity contribution in [3.05, 3.63) is 5.82 Å². The molecule has 2 rings (SSSR count). The van der Waals surface area contributed by atoms with E-state index in [-0.39, 0.29) is 0 Å². The second-order valence-corrected chi connectivity index (χ2v) is 3.05. The summed E-state index contributed by atoms with van der Waals surface area (Å²) >= 11 is 1.29. The lowest BCUT2D eigenvalue weighted by molar-refractivity contribution is 0.988. The first kappa shape index (κ1) is 5.17. The van der Waals surface area contributed by atoms with Crippen molar-refractivity contribution in [3.63, 3.8) is 0 Å². The van der Waals surface area contributed by atoms with Gasteiger partial charge in [0.15, 0.2) is 5.13 Å². The van der Waals surface area contributed by atoms with Gasteiger partial charge in [-0.1, -0.05) is 0 Å². The van der Waals surface area contributed by atoms with E-state index in [1.165, 1.54) is 24.4 Å². The van der Waals surface area contributed by atoms with Crippen molar-refractivity contribution in [1.29, 1.82) is 0 Å². The highest BCUT2D eigenvalue weighted by molar-refractivity contribution is 7.09. The number of rotatable bonds is 1. The highest BCUT2D eigenvalue weighted by atomic mass is 32.1. The number of aromatic nitrogens is 2. The lowest BCUT2D eigenvalue weighted by atomic mass is 10.4. The fourth-order valence-corrected chi connectivity index (χ4v) is 1.27. The molecule has 0 radical (unpaired) electrons.